The molecular formula is C45H64O20. The van der Waals surface area contributed by atoms with E-state index >= 15 is 0 Å². The summed E-state index contributed by atoms with van der Waals surface area (Å²) in [5, 5.41) is 97.3. The van der Waals surface area contributed by atoms with Gasteiger partial charge in [-0.05, 0) is 77.5 Å². The molecule has 65 heavy (non-hydrogen) atoms. The average Bonchev–Trinajstić information content (AvgIpc) is 3.24. The van der Waals surface area contributed by atoms with Crippen molar-refractivity contribution in [3.8, 4) is 17.2 Å². The number of rotatable bonds is 13. The molecule has 2 aromatic rings. The summed E-state index contributed by atoms with van der Waals surface area (Å²) in [4.78, 5) is 28.6. The van der Waals surface area contributed by atoms with Crippen molar-refractivity contribution in [3.05, 3.63) is 28.8 Å². The summed E-state index contributed by atoms with van der Waals surface area (Å²) in [6.45, 7) is 9.26. The van der Waals surface area contributed by atoms with E-state index in [0.717, 1.165) is 0 Å². The van der Waals surface area contributed by atoms with E-state index in [2.05, 4.69) is 0 Å². The zero-order chi connectivity index (χ0) is 47.3. The number of phenolic OH excluding ortho intramolecular Hbond substituents is 2. The molecule has 4 heterocycles. The lowest BCUT2D eigenvalue weighted by Crippen LogP contribution is -2.57. The van der Waals surface area contributed by atoms with Crippen molar-refractivity contribution < 1.29 is 98.2 Å². The van der Waals surface area contributed by atoms with Gasteiger partial charge < -0.3 is 88.6 Å². The molecule has 5 unspecified atom stereocenters. The van der Waals surface area contributed by atoms with Crippen LogP contribution in [0.15, 0.2) is 12.1 Å². The number of carbonyl (C=O) groups excluding carboxylic acids is 2. The Morgan fingerprint density at radius 3 is 1.83 bits per heavy atom. The molecule has 20 nitrogen and oxygen atoms in total. The quantitative estimate of drug-likeness (QED) is 0.132. The summed E-state index contributed by atoms with van der Waals surface area (Å²) in [7, 11) is 1.20. The van der Waals surface area contributed by atoms with E-state index < -0.39 is 140 Å². The molecule has 0 bridgehead atoms. The molecule has 0 spiro atoms. The van der Waals surface area contributed by atoms with Gasteiger partial charge in [-0.25, -0.2) is 0 Å². The van der Waals surface area contributed by atoms with Gasteiger partial charge in [0.25, 0.3) is 0 Å². The molecule has 4 saturated heterocycles. The molecule has 0 aromatic heterocycles. The maximum atomic E-state index is 14.8. The Kier molecular flexibility index (Phi) is 15.5. The van der Waals surface area contributed by atoms with Crippen LogP contribution in [0.2, 0.25) is 0 Å². The van der Waals surface area contributed by atoms with Crippen LogP contribution in [-0.4, -0.2) is 181 Å². The molecule has 7 rings (SSSR count). The van der Waals surface area contributed by atoms with Crippen LogP contribution in [0.1, 0.15) is 88.2 Å². The van der Waals surface area contributed by atoms with E-state index in [4.69, 9.17) is 42.6 Å². The van der Waals surface area contributed by atoms with E-state index in [1.54, 1.807) is 46.8 Å². The van der Waals surface area contributed by atoms with E-state index in [1.807, 2.05) is 0 Å². The van der Waals surface area contributed by atoms with Crippen LogP contribution in [0.3, 0.4) is 0 Å². The zero-order valence-corrected chi connectivity index (χ0v) is 37.5. The first-order chi connectivity index (χ1) is 30.7. The van der Waals surface area contributed by atoms with Crippen molar-refractivity contribution >= 4 is 22.3 Å². The highest BCUT2D eigenvalue weighted by Crippen LogP contribution is 2.47. The third kappa shape index (κ3) is 10.2. The van der Waals surface area contributed by atoms with E-state index in [-0.39, 0.29) is 64.6 Å². The first kappa shape index (κ1) is 49.7. The molecule has 9 N–H and O–H groups in total. The van der Waals surface area contributed by atoms with Gasteiger partial charge in [0.05, 0.1) is 65.9 Å². The number of methoxy groups -OCH3 is 1. The number of phenols is 2. The number of fused-ring (bicyclic) bond motifs is 2. The van der Waals surface area contributed by atoms with E-state index in [1.165, 1.54) is 14.0 Å². The SMILES string of the molecule is CO[C@H](C(=O)[C@@H](O)[C@@H](C)O)[C@@H]1Cc2cc3cc(O[C@H]4CC[C@H](O)C(C)O4)c(C)c(O)c3c(O)c2C(=O)[C@H]1O[C@H]1C[C@@H](O[C@H]2C[C@@H](O[C@H]3CC(O)[C@H](O)C(C)O3)[C@H](O)C(C)O2)[C@H](O)C(C)O1. The van der Waals surface area contributed by atoms with Crippen LogP contribution in [0.4, 0.5) is 0 Å². The van der Waals surface area contributed by atoms with Gasteiger partial charge in [-0.15, -0.1) is 0 Å². The van der Waals surface area contributed by atoms with Gasteiger partial charge in [-0.3, -0.25) is 9.59 Å². The topological polar surface area (TPSA) is 299 Å². The Hall–Kier alpha value is -3.16. The maximum Gasteiger partial charge on any atom is 0.200 e. The van der Waals surface area contributed by atoms with Gasteiger partial charge in [0.15, 0.2) is 36.7 Å². The van der Waals surface area contributed by atoms with E-state index in [9.17, 15) is 55.5 Å². The van der Waals surface area contributed by atoms with Crippen LogP contribution in [0.5, 0.6) is 17.2 Å². The molecule has 0 saturated carbocycles. The molecule has 2 aromatic carbocycles. The average molecular weight is 925 g/mol. The number of aliphatic hydroxyl groups is 7. The van der Waals surface area contributed by atoms with Crippen molar-refractivity contribution in [1.82, 2.24) is 0 Å². The molecule has 4 fully saturated rings. The molecule has 5 aliphatic rings. The van der Waals surface area contributed by atoms with E-state index in [0.29, 0.717) is 12.8 Å². The lowest BCUT2D eigenvalue weighted by molar-refractivity contribution is -0.329. The fourth-order valence-corrected chi connectivity index (χ4v) is 9.55. The maximum absolute atomic E-state index is 14.8. The first-order valence-corrected chi connectivity index (χ1v) is 22.3. The predicted molar refractivity (Wildman–Crippen MR) is 223 cm³/mol. The summed E-state index contributed by atoms with van der Waals surface area (Å²) in [6, 6.07) is 3.15. The normalized spacial score (nSPS) is 39.4. The van der Waals surface area contributed by atoms with Crippen LogP contribution in [-0.2, 0) is 49.1 Å². The minimum Gasteiger partial charge on any atom is -0.507 e. The number of ether oxygens (including phenoxy) is 9. The molecule has 4 aliphatic heterocycles. The fourth-order valence-electron chi connectivity index (χ4n) is 9.55. The lowest BCUT2D eigenvalue weighted by Gasteiger charge is -2.45. The lowest BCUT2D eigenvalue weighted by atomic mass is 9.75. The Labute approximate surface area is 375 Å². The first-order valence-electron chi connectivity index (χ1n) is 22.3. The summed E-state index contributed by atoms with van der Waals surface area (Å²) >= 11 is 0. The Bertz CT molecular complexity index is 2000. The predicted octanol–water partition coefficient (Wildman–Crippen LogP) is 0.509. The molecular weight excluding hydrogens is 860 g/mol. The second kappa shape index (κ2) is 20.2. The monoisotopic (exact) mass is 924 g/mol. The number of aliphatic hydroxyl groups excluding tert-OH is 7. The summed E-state index contributed by atoms with van der Waals surface area (Å²) in [6.07, 6.45) is -20.4. The number of Topliss-reactive ketones (excluding diaryl/α,β-unsaturated/α-hetero) is 2. The fraction of sp³-hybridized carbons (Fsp3) is 0.733. The standard InChI is InChI=1S/C45H64O20/c1-16-27(62-30-9-8-25(47)18(3)58-30)12-23-10-22-11-24(44(57-7)43(56)37(50)17(2)46)45(42(55)35(22)41(54)34(23)36(16)49)65-33-15-29(40(53)21(6)61-33)64-32-14-28(39(52)20(5)60-32)63-31-13-26(48)38(51)19(4)59-31/h10,12,17-21,24-26,28-33,37-40,44-54H,8-9,11,13-15H2,1-7H3/t17-,18?,19?,20?,21?,24+,25+,26?,28-,29-,30+,31+,32+,33+,37+,38-,39-,40-,44+,45+/m1/s1. The second-order valence-electron chi connectivity index (χ2n) is 18.2. The molecule has 0 radical (unpaired) electrons. The number of ketones is 2. The van der Waals surface area contributed by atoms with Crippen LogP contribution < -0.4 is 4.74 Å². The molecule has 1 aliphatic carbocycles. The number of carbonyl (C=O) groups is 2. The number of hydrogen-bond acceptors (Lipinski definition) is 20. The summed E-state index contributed by atoms with van der Waals surface area (Å²) in [5.41, 5.74) is 0.292. The number of hydrogen-bond donors (Lipinski definition) is 9. The summed E-state index contributed by atoms with van der Waals surface area (Å²) < 4.78 is 54.0. The highest BCUT2D eigenvalue weighted by molar-refractivity contribution is 6.11. The Balaban J connectivity index is 1.16. The van der Waals surface area contributed by atoms with Gasteiger partial charge in [0.2, 0.25) is 0 Å². The van der Waals surface area contributed by atoms with Gasteiger partial charge in [0, 0.05) is 44.3 Å². The Morgan fingerprint density at radius 1 is 0.723 bits per heavy atom. The van der Waals surface area contributed by atoms with Gasteiger partial charge in [-0.1, -0.05) is 0 Å². The Morgan fingerprint density at radius 2 is 1.28 bits per heavy atom. The van der Waals surface area contributed by atoms with Crippen molar-refractivity contribution in [1.29, 1.82) is 0 Å². The van der Waals surface area contributed by atoms with Crippen molar-refractivity contribution in [3.63, 3.8) is 0 Å². The smallest absolute Gasteiger partial charge is 0.200 e. The highest BCUT2D eigenvalue weighted by Gasteiger charge is 2.50. The summed E-state index contributed by atoms with van der Waals surface area (Å²) in [5.74, 6) is -3.63. The van der Waals surface area contributed by atoms with Crippen molar-refractivity contribution in [2.45, 2.75) is 197 Å². The largest absolute Gasteiger partial charge is 0.507 e. The van der Waals surface area contributed by atoms with Crippen molar-refractivity contribution in [2.24, 2.45) is 5.92 Å². The second-order valence-corrected chi connectivity index (χ2v) is 18.2. The highest BCUT2D eigenvalue weighted by atomic mass is 16.7. The van der Waals surface area contributed by atoms with Gasteiger partial charge in [-0.2, -0.15) is 0 Å². The third-order valence-electron chi connectivity index (χ3n) is 13.5. The van der Waals surface area contributed by atoms with Crippen LogP contribution in [0.25, 0.3) is 10.8 Å². The molecule has 20 heteroatoms. The van der Waals surface area contributed by atoms with Crippen LogP contribution in [0, 0.1) is 12.8 Å². The van der Waals surface area contributed by atoms with Gasteiger partial charge in [0.1, 0.15) is 53.9 Å². The number of aromatic hydroxyl groups is 2. The third-order valence-corrected chi connectivity index (χ3v) is 13.5. The minimum atomic E-state index is -1.90. The molecule has 20 atom stereocenters. The van der Waals surface area contributed by atoms with Gasteiger partial charge >= 0.3 is 0 Å². The zero-order valence-electron chi connectivity index (χ0n) is 37.5. The molecule has 0 amide bonds. The van der Waals surface area contributed by atoms with Crippen molar-refractivity contribution in [2.75, 3.05) is 7.11 Å². The minimum absolute atomic E-state index is 0.0313. The molecule has 364 valence electrons. The van der Waals surface area contributed by atoms with Crippen LogP contribution >= 0.6 is 0 Å². The number of benzene rings is 2.